The largest absolute Gasteiger partial charge is 0.494 e. The summed E-state index contributed by atoms with van der Waals surface area (Å²) in [7, 11) is 0. The normalized spacial score (nSPS) is 18.0. The molecule has 0 N–H and O–H groups in total. The molecule has 0 aliphatic carbocycles. The number of carbonyl (C=O) groups excluding carboxylic acids is 1. The van der Waals surface area contributed by atoms with Crippen molar-refractivity contribution in [2.24, 2.45) is 0 Å². The molecule has 4 rings (SSSR count). The molecule has 0 unspecified atom stereocenters. The summed E-state index contributed by atoms with van der Waals surface area (Å²) in [5, 5.41) is 0. The van der Waals surface area contributed by atoms with Gasteiger partial charge in [-0.05, 0) is 50.5 Å². The molecule has 0 saturated carbocycles. The van der Waals surface area contributed by atoms with Crippen molar-refractivity contribution in [2.45, 2.75) is 32.5 Å². The number of anilines is 1. The van der Waals surface area contributed by atoms with Crippen LogP contribution in [0.5, 0.6) is 5.75 Å². The van der Waals surface area contributed by atoms with Crippen LogP contribution in [0.3, 0.4) is 0 Å². The maximum absolute atomic E-state index is 13.3. The molecule has 2 aliphatic heterocycles. The van der Waals surface area contributed by atoms with E-state index in [4.69, 9.17) is 14.2 Å². The van der Waals surface area contributed by atoms with Crippen LogP contribution in [0.2, 0.25) is 0 Å². The molecule has 0 radical (unpaired) electrons. The third kappa shape index (κ3) is 3.22. The number of amides is 1. The van der Waals surface area contributed by atoms with Gasteiger partial charge in [0.25, 0.3) is 11.7 Å². The first kappa shape index (κ1) is 18.0. The molecular formula is C22H25NO4. The van der Waals surface area contributed by atoms with Crippen LogP contribution in [0, 0.1) is 13.8 Å². The standard InChI is InChI=1S/C22H25NO4/c1-16-14-17(2)20-19(15-16)22(26-12-7-13-27-22)21(24)23(20)10-6-11-25-18-8-4-3-5-9-18/h3-5,8-9,14-15H,6-7,10-13H2,1-2H3. The van der Waals surface area contributed by atoms with Crippen LogP contribution in [0.25, 0.3) is 0 Å². The summed E-state index contributed by atoms with van der Waals surface area (Å²) >= 11 is 0. The number of fused-ring (bicyclic) bond motifs is 2. The monoisotopic (exact) mass is 367 g/mol. The molecule has 2 heterocycles. The van der Waals surface area contributed by atoms with Crippen molar-refractivity contribution in [3.63, 3.8) is 0 Å². The van der Waals surface area contributed by atoms with Gasteiger partial charge in [-0.1, -0.05) is 29.8 Å². The van der Waals surface area contributed by atoms with Gasteiger partial charge in [0.2, 0.25) is 0 Å². The average Bonchev–Trinajstić information content (AvgIpc) is 2.89. The van der Waals surface area contributed by atoms with E-state index in [1.165, 1.54) is 0 Å². The lowest BCUT2D eigenvalue weighted by Gasteiger charge is -2.32. The fourth-order valence-corrected chi connectivity index (χ4v) is 3.92. The molecule has 1 saturated heterocycles. The van der Waals surface area contributed by atoms with Gasteiger partial charge in [-0.15, -0.1) is 0 Å². The number of para-hydroxylation sites is 1. The van der Waals surface area contributed by atoms with Crippen LogP contribution < -0.4 is 9.64 Å². The van der Waals surface area contributed by atoms with Gasteiger partial charge < -0.3 is 19.1 Å². The lowest BCUT2D eigenvalue weighted by Crippen LogP contribution is -2.47. The van der Waals surface area contributed by atoms with Crippen LogP contribution in [0.1, 0.15) is 29.5 Å². The smallest absolute Gasteiger partial charge is 0.292 e. The first-order valence-corrected chi connectivity index (χ1v) is 9.51. The molecule has 142 valence electrons. The number of hydrogen-bond donors (Lipinski definition) is 0. The van der Waals surface area contributed by atoms with E-state index < -0.39 is 5.79 Å². The number of rotatable bonds is 5. The Bertz CT molecular complexity index is 828. The summed E-state index contributed by atoms with van der Waals surface area (Å²) < 4.78 is 17.6. The van der Waals surface area contributed by atoms with Crippen LogP contribution >= 0.6 is 0 Å². The molecule has 2 aromatic carbocycles. The second-order valence-electron chi connectivity index (χ2n) is 7.12. The van der Waals surface area contributed by atoms with E-state index in [1.807, 2.05) is 55.1 Å². The fraction of sp³-hybridized carbons (Fsp3) is 0.409. The minimum Gasteiger partial charge on any atom is -0.494 e. The topological polar surface area (TPSA) is 48.0 Å². The van der Waals surface area contributed by atoms with Crippen molar-refractivity contribution in [1.82, 2.24) is 0 Å². The van der Waals surface area contributed by atoms with E-state index in [2.05, 4.69) is 6.07 Å². The number of benzene rings is 2. The highest BCUT2D eigenvalue weighted by molar-refractivity contribution is 6.07. The van der Waals surface area contributed by atoms with E-state index in [0.29, 0.717) is 26.4 Å². The molecular weight excluding hydrogens is 342 g/mol. The van der Waals surface area contributed by atoms with Gasteiger partial charge in [0.15, 0.2) is 0 Å². The summed E-state index contributed by atoms with van der Waals surface area (Å²) in [5.41, 5.74) is 3.93. The van der Waals surface area contributed by atoms with Gasteiger partial charge in [-0.3, -0.25) is 4.79 Å². The van der Waals surface area contributed by atoms with Crippen LogP contribution in [-0.4, -0.2) is 32.3 Å². The molecule has 0 bridgehead atoms. The summed E-state index contributed by atoms with van der Waals surface area (Å²) in [4.78, 5) is 15.1. The minimum atomic E-state index is -1.27. The van der Waals surface area contributed by atoms with Gasteiger partial charge in [-0.2, -0.15) is 0 Å². The fourth-order valence-electron chi connectivity index (χ4n) is 3.92. The zero-order chi connectivity index (χ0) is 18.9. The lowest BCUT2D eigenvalue weighted by molar-refractivity contribution is -0.256. The molecule has 5 heteroatoms. The number of aryl methyl sites for hydroxylation is 2. The Labute approximate surface area is 159 Å². The Morgan fingerprint density at radius 2 is 1.85 bits per heavy atom. The van der Waals surface area contributed by atoms with Crippen molar-refractivity contribution in [1.29, 1.82) is 0 Å². The highest BCUT2D eigenvalue weighted by Gasteiger charge is 2.55. The zero-order valence-electron chi connectivity index (χ0n) is 15.9. The number of nitrogens with zero attached hydrogens (tertiary/aromatic N) is 1. The van der Waals surface area contributed by atoms with E-state index in [0.717, 1.165) is 41.0 Å². The molecule has 0 aromatic heterocycles. The maximum Gasteiger partial charge on any atom is 0.292 e. The number of ether oxygens (including phenoxy) is 3. The Kier molecular flexibility index (Phi) is 4.89. The van der Waals surface area contributed by atoms with Gasteiger partial charge in [0.1, 0.15) is 5.75 Å². The van der Waals surface area contributed by atoms with Gasteiger partial charge in [-0.25, -0.2) is 0 Å². The van der Waals surface area contributed by atoms with Crippen molar-refractivity contribution in [3.05, 3.63) is 59.2 Å². The Balaban J connectivity index is 1.54. The molecule has 2 aromatic rings. The predicted molar refractivity (Wildman–Crippen MR) is 103 cm³/mol. The molecule has 1 fully saturated rings. The molecule has 0 atom stereocenters. The van der Waals surface area contributed by atoms with Crippen molar-refractivity contribution in [3.8, 4) is 5.75 Å². The third-order valence-electron chi connectivity index (χ3n) is 5.03. The Hall–Kier alpha value is -2.37. The molecule has 5 nitrogen and oxygen atoms in total. The van der Waals surface area contributed by atoms with Crippen molar-refractivity contribution >= 4 is 11.6 Å². The van der Waals surface area contributed by atoms with Crippen molar-refractivity contribution < 1.29 is 19.0 Å². The molecule has 1 spiro atoms. The third-order valence-corrected chi connectivity index (χ3v) is 5.03. The molecule has 1 amide bonds. The highest BCUT2D eigenvalue weighted by atomic mass is 16.7. The number of carbonyl (C=O) groups is 1. The van der Waals surface area contributed by atoms with E-state index in [9.17, 15) is 4.79 Å². The second-order valence-corrected chi connectivity index (χ2v) is 7.12. The van der Waals surface area contributed by atoms with Gasteiger partial charge in [0, 0.05) is 12.1 Å². The van der Waals surface area contributed by atoms with Gasteiger partial charge >= 0.3 is 0 Å². The van der Waals surface area contributed by atoms with Crippen molar-refractivity contribution in [2.75, 3.05) is 31.3 Å². The van der Waals surface area contributed by atoms with Gasteiger partial charge in [0.05, 0.1) is 25.5 Å². The Morgan fingerprint density at radius 3 is 2.59 bits per heavy atom. The van der Waals surface area contributed by atoms with E-state index >= 15 is 0 Å². The summed E-state index contributed by atoms with van der Waals surface area (Å²) in [6.07, 6.45) is 1.53. The quantitative estimate of drug-likeness (QED) is 0.756. The first-order chi connectivity index (χ1) is 13.1. The first-order valence-electron chi connectivity index (χ1n) is 9.51. The second kappa shape index (κ2) is 7.33. The molecule has 2 aliphatic rings. The lowest BCUT2D eigenvalue weighted by atomic mass is 10.00. The number of hydrogen-bond acceptors (Lipinski definition) is 4. The van der Waals surface area contributed by atoms with E-state index in [1.54, 1.807) is 0 Å². The van der Waals surface area contributed by atoms with Crippen LogP contribution in [-0.2, 0) is 20.1 Å². The zero-order valence-corrected chi connectivity index (χ0v) is 15.9. The predicted octanol–water partition coefficient (Wildman–Crippen LogP) is 3.71. The minimum absolute atomic E-state index is 0.120. The summed E-state index contributed by atoms with van der Waals surface area (Å²) in [6, 6.07) is 13.8. The van der Waals surface area contributed by atoms with Crippen LogP contribution in [0.15, 0.2) is 42.5 Å². The maximum atomic E-state index is 13.3. The SMILES string of the molecule is Cc1cc(C)c2c(c1)C1(OCCCO1)C(=O)N2CCCOc1ccccc1. The average molecular weight is 367 g/mol. The summed E-state index contributed by atoms with van der Waals surface area (Å²) in [6.45, 7) is 6.24. The van der Waals surface area contributed by atoms with Crippen LogP contribution in [0.4, 0.5) is 5.69 Å². The van der Waals surface area contributed by atoms with E-state index in [-0.39, 0.29) is 5.91 Å². The summed E-state index contributed by atoms with van der Waals surface area (Å²) in [5.74, 6) is -0.552. The Morgan fingerprint density at radius 1 is 1.11 bits per heavy atom. The molecule has 27 heavy (non-hydrogen) atoms. The highest BCUT2D eigenvalue weighted by Crippen LogP contribution is 2.47.